The lowest BCUT2D eigenvalue weighted by Gasteiger charge is -2.19. The van der Waals surface area contributed by atoms with Crippen molar-refractivity contribution in [1.29, 1.82) is 0 Å². The van der Waals surface area contributed by atoms with E-state index in [1.165, 1.54) is 5.56 Å². The number of aryl methyl sites for hydroxylation is 1. The molecule has 0 bridgehead atoms. The lowest BCUT2D eigenvalue weighted by Crippen LogP contribution is -2.18. The van der Waals surface area contributed by atoms with Gasteiger partial charge in [0, 0.05) is 13.6 Å². The van der Waals surface area contributed by atoms with E-state index in [-0.39, 0.29) is 0 Å². The van der Waals surface area contributed by atoms with Gasteiger partial charge in [-0.1, -0.05) is 12.1 Å². The third-order valence-electron chi connectivity index (χ3n) is 3.08. The normalized spacial score (nSPS) is 10.3. The summed E-state index contributed by atoms with van der Waals surface area (Å²) in [5.41, 5.74) is 8.73. The number of nitrogen functional groups attached to an aromatic ring is 1. The van der Waals surface area contributed by atoms with Crippen LogP contribution in [0.15, 0.2) is 36.5 Å². The van der Waals surface area contributed by atoms with Crippen LogP contribution in [0.4, 0.5) is 11.5 Å². The van der Waals surface area contributed by atoms with Gasteiger partial charge in [-0.25, -0.2) is 4.98 Å². The SMILES string of the molecule is COc1cccc(CN(C)c2cc(C)c(N)cn2)c1. The van der Waals surface area contributed by atoms with E-state index in [9.17, 15) is 0 Å². The molecule has 19 heavy (non-hydrogen) atoms. The summed E-state index contributed by atoms with van der Waals surface area (Å²) in [6.45, 7) is 2.76. The van der Waals surface area contributed by atoms with Gasteiger partial charge in [0.25, 0.3) is 0 Å². The summed E-state index contributed by atoms with van der Waals surface area (Å²) in [4.78, 5) is 6.43. The van der Waals surface area contributed by atoms with Gasteiger partial charge in [0.15, 0.2) is 0 Å². The topological polar surface area (TPSA) is 51.4 Å². The van der Waals surface area contributed by atoms with E-state index in [1.807, 2.05) is 38.2 Å². The Hall–Kier alpha value is -2.23. The predicted octanol–water partition coefficient (Wildman–Crippen LogP) is 2.62. The van der Waals surface area contributed by atoms with E-state index >= 15 is 0 Å². The lowest BCUT2D eigenvalue weighted by atomic mass is 10.2. The third kappa shape index (κ3) is 3.16. The van der Waals surface area contributed by atoms with Crippen LogP contribution in [0, 0.1) is 6.92 Å². The number of nitrogens with two attached hydrogens (primary N) is 1. The van der Waals surface area contributed by atoms with Gasteiger partial charge in [0.1, 0.15) is 11.6 Å². The Labute approximate surface area is 113 Å². The van der Waals surface area contributed by atoms with Crippen LogP contribution in [0.1, 0.15) is 11.1 Å². The van der Waals surface area contributed by atoms with Crippen molar-refractivity contribution >= 4 is 11.5 Å². The second-order valence-electron chi connectivity index (χ2n) is 4.61. The second kappa shape index (κ2) is 5.61. The highest BCUT2D eigenvalue weighted by molar-refractivity contribution is 5.52. The van der Waals surface area contributed by atoms with Crippen LogP contribution >= 0.6 is 0 Å². The molecule has 0 amide bonds. The Kier molecular flexibility index (Phi) is 3.90. The van der Waals surface area contributed by atoms with Gasteiger partial charge in [-0.3, -0.25) is 0 Å². The fraction of sp³-hybridized carbons (Fsp3) is 0.267. The lowest BCUT2D eigenvalue weighted by molar-refractivity contribution is 0.414. The number of pyridine rings is 1. The van der Waals surface area contributed by atoms with Crippen molar-refractivity contribution < 1.29 is 4.74 Å². The Morgan fingerprint density at radius 1 is 1.32 bits per heavy atom. The molecule has 0 aliphatic carbocycles. The molecule has 1 heterocycles. The van der Waals surface area contributed by atoms with Crippen LogP contribution in [0.25, 0.3) is 0 Å². The molecule has 0 saturated heterocycles. The van der Waals surface area contributed by atoms with Crippen LogP contribution in [-0.4, -0.2) is 19.1 Å². The van der Waals surface area contributed by atoms with E-state index in [4.69, 9.17) is 10.5 Å². The number of hydrogen-bond donors (Lipinski definition) is 1. The van der Waals surface area contributed by atoms with Gasteiger partial charge in [-0.2, -0.15) is 0 Å². The standard InChI is InChI=1S/C15H19N3O/c1-11-7-15(17-9-14(11)16)18(2)10-12-5-4-6-13(8-12)19-3/h4-9H,10,16H2,1-3H3. The molecule has 0 aliphatic heterocycles. The van der Waals surface area contributed by atoms with Crippen LogP contribution in [0.5, 0.6) is 5.75 Å². The minimum atomic E-state index is 0.721. The maximum atomic E-state index is 5.78. The summed E-state index contributed by atoms with van der Waals surface area (Å²) >= 11 is 0. The second-order valence-corrected chi connectivity index (χ2v) is 4.61. The Morgan fingerprint density at radius 3 is 2.79 bits per heavy atom. The number of anilines is 2. The van der Waals surface area contributed by atoms with Crippen LogP contribution in [0.2, 0.25) is 0 Å². The average Bonchev–Trinajstić information content (AvgIpc) is 2.42. The first kappa shape index (κ1) is 13.2. The van der Waals surface area contributed by atoms with Gasteiger partial charge in [-0.05, 0) is 36.2 Å². The molecule has 0 unspecified atom stereocenters. The maximum Gasteiger partial charge on any atom is 0.128 e. The van der Waals surface area contributed by atoms with E-state index in [0.717, 1.165) is 29.4 Å². The highest BCUT2D eigenvalue weighted by atomic mass is 16.5. The summed E-state index contributed by atoms with van der Waals surface area (Å²) in [5, 5.41) is 0. The molecule has 0 spiro atoms. The molecule has 0 radical (unpaired) electrons. The molecule has 2 N–H and O–H groups in total. The number of hydrogen-bond acceptors (Lipinski definition) is 4. The molecule has 4 heteroatoms. The zero-order chi connectivity index (χ0) is 13.8. The molecule has 100 valence electrons. The third-order valence-corrected chi connectivity index (χ3v) is 3.08. The van der Waals surface area contributed by atoms with Crippen molar-refractivity contribution in [2.45, 2.75) is 13.5 Å². The first-order valence-corrected chi connectivity index (χ1v) is 6.16. The van der Waals surface area contributed by atoms with E-state index in [0.29, 0.717) is 0 Å². The molecular formula is C15H19N3O. The number of aromatic nitrogens is 1. The zero-order valence-corrected chi connectivity index (χ0v) is 11.6. The van der Waals surface area contributed by atoms with E-state index < -0.39 is 0 Å². The van der Waals surface area contributed by atoms with Gasteiger partial charge in [-0.15, -0.1) is 0 Å². The first-order chi connectivity index (χ1) is 9.10. The Balaban J connectivity index is 2.15. The fourth-order valence-electron chi connectivity index (χ4n) is 1.89. The largest absolute Gasteiger partial charge is 0.497 e. The molecule has 0 saturated carbocycles. The van der Waals surface area contributed by atoms with Crippen LogP contribution < -0.4 is 15.4 Å². The highest BCUT2D eigenvalue weighted by Crippen LogP contribution is 2.19. The van der Waals surface area contributed by atoms with Crippen LogP contribution in [-0.2, 0) is 6.54 Å². The molecule has 0 aliphatic rings. The van der Waals surface area contributed by atoms with Gasteiger partial charge < -0.3 is 15.4 Å². The smallest absolute Gasteiger partial charge is 0.128 e. The Bertz CT molecular complexity index is 569. The maximum absolute atomic E-state index is 5.78. The number of nitrogens with zero attached hydrogens (tertiary/aromatic N) is 2. The van der Waals surface area contributed by atoms with Gasteiger partial charge in [0.05, 0.1) is 19.0 Å². The molecule has 2 rings (SSSR count). The van der Waals surface area contributed by atoms with Gasteiger partial charge in [0.2, 0.25) is 0 Å². The van der Waals surface area contributed by atoms with Gasteiger partial charge >= 0.3 is 0 Å². The predicted molar refractivity (Wildman–Crippen MR) is 78.5 cm³/mol. The molecule has 2 aromatic rings. The van der Waals surface area contributed by atoms with Crippen molar-refractivity contribution in [2.24, 2.45) is 0 Å². The van der Waals surface area contributed by atoms with Crippen LogP contribution in [0.3, 0.4) is 0 Å². The number of benzene rings is 1. The van der Waals surface area contributed by atoms with Crippen molar-refractivity contribution in [3.05, 3.63) is 47.7 Å². The molecule has 0 fully saturated rings. The molecular weight excluding hydrogens is 238 g/mol. The highest BCUT2D eigenvalue weighted by Gasteiger charge is 2.06. The molecule has 1 aromatic carbocycles. The Morgan fingerprint density at radius 2 is 2.11 bits per heavy atom. The summed E-state index contributed by atoms with van der Waals surface area (Å²) < 4.78 is 5.23. The molecule has 4 nitrogen and oxygen atoms in total. The van der Waals surface area contributed by atoms with Crippen molar-refractivity contribution in [3.63, 3.8) is 0 Å². The number of methoxy groups -OCH3 is 1. The fourth-order valence-corrected chi connectivity index (χ4v) is 1.89. The first-order valence-electron chi connectivity index (χ1n) is 6.16. The average molecular weight is 257 g/mol. The summed E-state index contributed by atoms with van der Waals surface area (Å²) in [6.07, 6.45) is 1.70. The quantitative estimate of drug-likeness (QED) is 0.914. The van der Waals surface area contributed by atoms with E-state index in [1.54, 1.807) is 13.3 Å². The molecule has 0 atom stereocenters. The van der Waals surface area contributed by atoms with Crippen molar-refractivity contribution in [3.8, 4) is 5.75 Å². The minimum Gasteiger partial charge on any atom is -0.497 e. The minimum absolute atomic E-state index is 0.721. The number of rotatable bonds is 4. The number of ether oxygens (including phenoxy) is 1. The summed E-state index contributed by atoms with van der Waals surface area (Å²) in [6, 6.07) is 10.0. The monoisotopic (exact) mass is 257 g/mol. The van der Waals surface area contributed by atoms with E-state index in [2.05, 4.69) is 16.0 Å². The van der Waals surface area contributed by atoms with Crippen molar-refractivity contribution in [2.75, 3.05) is 24.8 Å². The van der Waals surface area contributed by atoms with Crippen molar-refractivity contribution in [1.82, 2.24) is 4.98 Å². The molecule has 1 aromatic heterocycles. The zero-order valence-electron chi connectivity index (χ0n) is 11.6. The summed E-state index contributed by atoms with van der Waals surface area (Å²) in [5.74, 6) is 1.78. The summed E-state index contributed by atoms with van der Waals surface area (Å²) in [7, 11) is 3.69.